The minimum atomic E-state index is 0.362. The molecule has 1 heterocycles. The second-order valence-corrected chi connectivity index (χ2v) is 5.61. The van der Waals surface area contributed by atoms with Crippen molar-refractivity contribution in [2.24, 2.45) is 0 Å². The van der Waals surface area contributed by atoms with Crippen LogP contribution in [0.3, 0.4) is 0 Å². The Morgan fingerprint density at radius 3 is 2.62 bits per heavy atom. The minimum absolute atomic E-state index is 0.362. The summed E-state index contributed by atoms with van der Waals surface area (Å²) in [5.74, 6) is 1.04. The van der Waals surface area contributed by atoms with Crippen molar-refractivity contribution in [2.45, 2.75) is 45.7 Å². The van der Waals surface area contributed by atoms with Gasteiger partial charge in [0.2, 0.25) is 0 Å². The van der Waals surface area contributed by atoms with Crippen molar-refractivity contribution >= 4 is 11.6 Å². The maximum atomic E-state index is 5.95. The molecule has 1 N–H and O–H groups in total. The lowest BCUT2D eigenvalue weighted by Gasteiger charge is -2.18. The molecule has 0 saturated carbocycles. The van der Waals surface area contributed by atoms with Crippen LogP contribution >= 0.6 is 11.6 Å². The summed E-state index contributed by atoms with van der Waals surface area (Å²) in [6, 6.07) is 8.44. The molecule has 0 amide bonds. The summed E-state index contributed by atoms with van der Waals surface area (Å²) in [7, 11) is 0. The van der Waals surface area contributed by atoms with E-state index in [-0.39, 0.29) is 0 Å². The summed E-state index contributed by atoms with van der Waals surface area (Å²) in [5.41, 5.74) is 1.29. The Balaban J connectivity index is 2.05. The molecule has 0 radical (unpaired) electrons. The Morgan fingerprint density at radius 1 is 1.19 bits per heavy atom. The predicted octanol–water partition coefficient (Wildman–Crippen LogP) is 3.10. The van der Waals surface area contributed by atoms with Gasteiger partial charge in [0.05, 0.1) is 0 Å². The first-order valence-corrected chi connectivity index (χ1v) is 7.95. The molecule has 0 saturated heterocycles. The Bertz CT molecular complexity index is 535. The highest BCUT2D eigenvalue weighted by Crippen LogP contribution is 2.12. The largest absolute Gasteiger partial charge is 0.313 e. The zero-order valence-corrected chi connectivity index (χ0v) is 13.5. The topological polar surface area (TPSA) is 42.7 Å². The molecule has 1 aromatic heterocycles. The molecule has 4 nitrogen and oxygen atoms in total. The summed E-state index contributed by atoms with van der Waals surface area (Å²) in [6.07, 6.45) is 4.61. The van der Waals surface area contributed by atoms with Gasteiger partial charge in [-0.25, -0.2) is 4.98 Å². The van der Waals surface area contributed by atoms with Crippen LogP contribution in [0.25, 0.3) is 0 Å². The maximum Gasteiger partial charge on any atom is 0.138 e. The van der Waals surface area contributed by atoms with Gasteiger partial charge in [0.1, 0.15) is 12.2 Å². The van der Waals surface area contributed by atoms with Crippen LogP contribution < -0.4 is 5.32 Å². The number of halogens is 1. The number of rotatable bonds is 8. The zero-order valence-electron chi connectivity index (χ0n) is 12.7. The van der Waals surface area contributed by atoms with Gasteiger partial charge in [0, 0.05) is 24.0 Å². The van der Waals surface area contributed by atoms with E-state index < -0.39 is 0 Å². The van der Waals surface area contributed by atoms with Crippen molar-refractivity contribution < 1.29 is 0 Å². The van der Waals surface area contributed by atoms with Crippen LogP contribution in [-0.2, 0) is 19.4 Å². The van der Waals surface area contributed by atoms with E-state index in [9.17, 15) is 0 Å². The van der Waals surface area contributed by atoms with Gasteiger partial charge in [-0.1, -0.05) is 30.7 Å². The highest BCUT2D eigenvalue weighted by molar-refractivity contribution is 6.30. The number of aryl methyl sites for hydroxylation is 1. The zero-order chi connectivity index (χ0) is 15.1. The summed E-state index contributed by atoms with van der Waals surface area (Å²) in [4.78, 5) is 4.38. The average molecular weight is 307 g/mol. The first-order valence-electron chi connectivity index (χ1n) is 7.57. The van der Waals surface area contributed by atoms with Crippen LogP contribution in [0.5, 0.6) is 0 Å². The second kappa shape index (κ2) is 8.15. The van der Waals surface area contributed by atoms with Crippen LogP contribution in [0.4, 0.5) is 0 Å². The van der Waals surface area contributed by atoms with Gasteiger partial charge in [0.25, 0.3) is 0 Å². The van der Waals surface area contributed by atoms with Crippen molar-refractivity contribution in [3.8, 4) is 0 Å². The molecule has 0 fully saturated rings. The number of hydrogen-bond acceptors (Lipinski definition) is 3. The predicted molar refractivity (Wildman–Crippen MR) is 86.6 cm³/mol. The first kappa shape index (κ1) is 16.0. The third-order valence-electron chi connectivity index (χ3n) is 3.50. The third-order valence-corrected chi connectivity index (χ3v) is 3.75. The molecular weight excluding hydrogens is 284 g/mol. The van der Waals surface area contributed by atoms with Crippen LogP contribution in [0.1, 0.15) is 31.7 Å². The molecule has 1 atom stereocenters. The molecule has 1 unspecified atom stereocenters. The molecule has 2 rings (SSSR count). The maximum absolute atomic E-state index is 5.95. The van der Waals surface area contributed by atoms with Crippen LogP contribution in [0, 0.1) is 0 Å². The Kier molecular flexibility index (Phi) is 6.21. The quantitative estimate of drug-likeness (QED) is 0.815. The summed E-state index contributed by atoms with van der Waals surface area (Å²) >= 11 is 5.95. The molecular formula is C16H23ClN4. The number of nitrogens with one attached hydrogen (secondary N) is 1. The molecule has 0 aliphatic heterocycles. The third kappa shape index (κ3) is 4.83. The van der Waals surface area contributed by atoms with Crippen LogP contribution in [0.15, 0.2) is 30.6 Å². The van der Waals surface area contributed by atoms with Gasteiger partial charge in [-0.15, -0.1) is 0 Å². The van der Waals surface area contributed by atoms with E-state index >= 15 is 0 Å². The van der Waals surface area contributed by atoms with Gasteiger partial charge >= 0.3 is 0 Å². The Morgan fingerprint density at radius 2 is 1.95 bits per heavy atom. The van der Waals surface area contributed by atoms with E-state index in [0.717, 1.165) is 43.2 Å². The first-order chi connectivity index (χ1) is 10.2. The molecule has 0 aliphatic rings. The molecule has 1 aromatic carbocycles. The fraction of sp³-hybridized carbons (Fsp3) is 0.500. The van der Waals surface area contributed by atoms with Crippen molar-refractivity contribution in [3.05, 3.63) is 47.0 Å². The van der Waals surface area contributed by atoms with E-state index in [0.29, 0.717) is 6.04 Å². The highest BCUT2D eigenvalue weighted by Gasteiger charge is 2.13. The second-order valence-electron chi connectivity index (χ2n) is 5.18. The summed E-state index contributed by atoms with van der Waals surface area (Å²) in [5, 5.41) is 8.64. The summed E-state index contributed by atoms with van der Waals surface area (Å²) < 4.78 is 1.96. The van der Waals surface area contributed by atoms with Gasteiger partial charge in [0.15, 0.2) is 0 Å². The van der Waals surface area contributed by atoms with Gasteiger partial charge in [-0.3, -0.25) is 4.68 Å². The van der Waals surface area contributed by atoms with Crippen LogP contribution in [-0.4, -0.2) is 27.4 Å². The van der Waals surface area contributed by atoms with Gasteiger partial charge in [-0.05, 0) is 44.0 Å². The van der Waals surface area contributed by atoms with Gasteiger partial charge in [-0.2, -0.15) is 5.10 Å². The highest BCUT2D eigenvalue weighted by atomic mass is 35.5. The van der Waals surface area contributed by atoms with Crippen molar-refractivity contribution in [1.82, 2.24) is 20.1 Å². The molecule has 114 valence electrons. The van der Waals surface area contributed by atoms with E-state index in [4.69, 9.17) is 11.6 Å². The number of benzene rings is 1. The standard InChI is InChI=1S/C16H23ClN4/c1-3-9-18-15(10-13-5-7-14(17)8-6-13)11-16-19-12-20-21(16)4-2/h5-8,12,15,18H,3-4,9-11H2,1-2H3. The molecule has 21 heavy (non-hydrogen) atoms. The Hall–Kier alpha value is -1.39. The fourth-order valence-electron chi connectivity index (χ4n) is 2.40. The lowest BCUT2D eigenvalue weighted by molar-refractivity contribution is 0.478. The molecule has 2 aromatic rings. The normalized spacial score (nSPS) is 12.5. The average Bonchev–Trinajstić information content (AvgIpc) is 2.94. The fourth-order valence-corrected chi connectivity index (χ4v) is 2.53. The molecule has 5 heteroatoms. The number of aromatic nitrogens is 3. The smallest absolute Gasteiger partial charge is 0.138 e. The SMILES string of the molecule is CCCNC(Cc1ccc(Cl)cc1)Cc1ncnn1CC. The molecule has 0 aliphatic carbocycles. The van der Waals surface area contributed by atoms with Crippen molar-refractivity contribution in [3.63, 3.8) is 0 Å². The summed E-state index contributed by atoms with van der Waals surface area (Å²) in [6.45, 7) is 6.14. The minimum Gasteiger partial charge on any atom is -0.313 e. The monoisotopic (exact) mass is 306 g/mol. The number of hydrogen-bond donors (Lipinski definition) is 1. The van der Waals surface area contributed by atoms with Crippen molar-refractivity contribution in [2.75, 3.05) is 6.54 Å². The van der Waals surface area contributed by atoms with E-state index in [2.05, 4.69) is 41.4 Å². The number of nitrogens with zero attached hydrogens (tertiary/aromatic N) is 3. The van der Waals surface area contributed by atoms with E-state index in [1.165, 1.54) is 5.56 Å². The Labute approximate surface area is 131 Å². The lowest BCUT2D eigenvalue weighted by Crippen LogP contribution is -2.34. The molecule has 0 spiro atoms. The van der Waals surface area contributed by atoms with Crippen molar-refractivity contribution in [1.29, 1.82) is 0 Å². The van der Waals surface area contributed by atoms with E-state index in [1.807, 2.05) is 16.8 Å². The van der Waals surface area contributed by atoms with Crippen LogP contribution in [0.2, 0.25) is 5.02 Å². The van der Waals surface area contributed by atoms with Gasteiger partial charge < -0.3 is 5.32 Å². The lowest BCUT2D eigenvalue weighted by atomic mass is 10.0. The van der Waals surface area contributed by atoms with E-state index in [1.54, 1.807) is 6.33 Å². The molecule has 0 bridgehead atoms.